The minimum atomic E-state index is -1.23. The number of carbonyl (C=O) groups excluding carboxylic acids is 3. The first-order valence-corrected chi connectivity index (χ1v) is 12.2. The Morgan fingerprint density at radius 2 is 1.81 bits per heavy atom. The summed E-state index contributed by atoms with van der Waals surface area (Å²) in [7, 11) is 0. The van der Waals surface area contributed by atoms with Gasteiger partial charge in [-0.1, -0.05) is 36.4 Å². The molecule has 0 saturated carbocycles. The summed E-state index contributed by atoms with van der Waals surface area (Å²) in [5.41, 5.74) is 1.30. The van der Waals surface area contributed by atoms with Gasteiger partial charge < -0.3 is 18.9 Å². The van der Waals surface area contributed by atoms with E-state index in [9.17, 15) is 14.4 Å². The van der Waals surface area contributed by atoms with Gasteiger partial charge in [-0.25, -0.2) is 0 Å². The molecule has 1 fully saturated rings. The Morgan fingerprint density at radius 3 is 2.64 bits per heavy atom. The zero-order chi connectivity index (χ0) is 24.9. The maximum absolute atomic E-state index is 14.0. The number of imide groups is 1. The minimum Gasteiger partial charge on any atom is -0.454 e. The van der Waals surface area contributed by atoms with Crippen molar-refractivity contribution < 1.29 is 23.9 Å². The Balaban J connectivity index is 1.30. The van der Waals surface area contributed by atoms with Crippen LogP contribution in [0.5, 0.6) is 11.5 Å². The van der Waals surface area contributed by atoms with Crippen LogP contribution in [0.2, 0.25) is 0 Å². The lowest BCUT2D eigenvalue weighted by Gasteiger charge is -2.37. The summed E-state index contributed by atoms with van der Waals surface area (Å²) in [4.78, 5) is 44.1. The standard InChI is InChI=1S/C28H27N3O5/c1-19-22-8-5-11-29(22)12-13-30(19)25(32)15-28(21-6-3-2-4-7-21)16-26(33)31(27(28)34)17-20-9-10-23-24(14-20)36-18-35-23/h2-11,14,19H,12-13,15-18H2,1H3/t19-,28-/m0/s1. The highest BCUT2D eigenvalue weighted by atomic mass is 16.7. The molecule has 4 heterocycles. The molecular formula is C28H27N3O5. The summed E-state index contributed by atoms with van der Waals surface area (Å²) in [6, 6.07) is 18.5. The molecule has 0 unspecified atom stereocenters. The van der Waals surface area contributed by atoms with Gasteiger partial charge in [-0.3, -0.25) is 19.3 Å². The minimum absolute atomic E-state index is 0.0370. The lowest BCUT2D eigenvalue weighted by Crippen LogP contribution is -2.46. The van der Waals surface area contributed by atoms with E-state index in [0.29, 0.717) is 30.2 Å². The van der Waals surface area contributed by atoms with Crippen molar-refractivity contribution in [2.75, 3.05) is 13.3 Å². The third-order valence-electron chi connectivity index (χ3n) is 7.63. The number of amides is 3. The molecule has 2 atom stereocenters. The molecule has 6 rings (SSSR count). The number of carbonyl (C=O) groups is 3. The zero-order valence-electron chi connectivity index (χ0n) is 20.1. The molecule has 8 heteroatoms. The average molecular weight is 486 g/mol. The van der Waals surface area contributed by atoms with Gasteiger partial charge in [-0.05, 0) is 42.3 Å². The first-order chi connectivity index (χ1) is 17.5. The molecule has 0 spiro atoms. The number of fused-ring (bicyclic) bond motifs is 2. The number of rotatable bonds is 5. The number of hydrogen-bond acceptors (Lipinski definition) is 5. The summed E-state index contributed by atoms with van der Waals surface area (Å²) in [6.07, 6.45) is 1.93. The van der Waals surface area contributed by atoms with Gasteiger partial charge in [0.1, 0.15) is 0 Å². The fourth-order valence-corrected chi connectivity index (χ4v) is 5.68. The van der Waals surface area contributed by atoms with Gasteiger partial charge in [0.05, 0.1) is 18.0 Å². The van der Waals surface area contributed by atoms with Crippen LogP contribution >= 0.6 is 0 Å². The highest BCUT2D eigenvalue weighted by molar-refractivity contribution is 6.10. The first-order valence-electron chi connectivity index (χ1n) is 12.2. The fourth-order valence-electron chi connectivity index (χ4n) is 5.68. The van der Waals surface area contributed by atoms with Crippen molar-refractivity contribution in [3.8, 4) is 11.5 Å². The Kier molecular flexibility index (Phi) is 5.32. The predicted molar refractivity (Wildman–Crippen MR) is 130 cm³/mol. The second-order valence-corrected chi connectivity index (χ2v) is 9.66. The predicted octanol–water partition coefficient (Wildman–Crippen LogP) is 3.41. The Morgan fingerprint density at radius 1 is 1.00 bits per heavy atom. The van der Waals surface area contributed by atoms with Crippen LogP contribution in [0.15, 0.2) is 66.9 Å². The van der Waals surface area contributed by atoms with Crippen molar-refractivity contribution in [3.05, 3.63) is 83.7 Å². The van der Waals surface area contributed by atoms with E-state index >= 15 is 0 Å². The molecule has 3 amide bonds. The summed E-state index contributed by atoms with van der Waals surface area (Å²) in [5, 5.41) is 0. The third-order valence-corrected chi connectivity index (χ3v) is 7.63. The van der Waals surface area contributed by atoms with Crippen LogP contribution in [0.3, 0.4) is 0 Å². The molecule has 0 bridgehead atoms. The van der Waals surface area contributed by atoms with Crippen molar-refractivity contribution in [2.45, 2.75) is 44.3 Å². The molecule has 0 aliphatic carbocycles. The summed E-state index contributed by atoms with van der Waals surface area (Å²) in [5.74, 6) is 0.501. The topological polar surface area (TPSA) is 81.1 Å². The Hall–Kier alpha value is -4.07. The van der Waals surface area contributed by atoms with Crippen molar-refractivity contribution in [3.63, 3.8) is 0 Å². The number of ether oxygens (including phenoxy) is 2. The zero-order valence-corrected chi connectivity index (χ0v) is 20.1. The van der Waals surface area contributed by atoms with E-state index in [1.54, 1.807) is 12.1 Å². The van der Waals surface area contributed by atoms with E-state index < -0.39 is 5.41 Å². The molecule has 3 aliphatic rings. The fraction of sp³-hybridized carbons (Fsp3) is 0.321. The highest BCUT2D eigenvalue weighted by Gasteiger charge is 2.54. The van der Waals surface area contributed by atoms with E-state index in [0.717, 1.165) is 11.3 Å². The number of hydrogen-bond donors (Lipinski definition) is 0. The average Bonchev–Trinajstić information content (AvgIpc) is 3.61. The molecule has 8 nitrogen and oxygen atoms in total. The molecule has 184 valence electrons. The lowest BCUT2D eigenvalue weighted by molar-refractivity contribution is -0.144. The van der Waals surface area contributed by atoms with E-state index in [1.165, 1.54) is 4.90 Å². The molecular weight excluding hydrogens is 458 g/mol. The monoisotopic (exact) mass is 485 g/mol. The second kappa shape index (κ2) is 8.55. The summed E-state index contributed by atoms with van der Waals surface area (Å²) in [6.45, 7) is 3.55. The SMILES string of the molecule is C[C@H]1c2cccn2CCN1C(=O)C[C@@]1(c2ccccc2)CC(=O)N(Cc2ccc3c(c2)OCO3)C1=O. The van der Waals surface area contributed by atoms with Crippen LogP contribution in [0.25, 0.3) is 0 Å². The van der Waals surface area contributed by atoms with Crippen LogP contribution in [0, 0.1) is 0 Å². The quantitative estimate of drug-likeness (QED) is 0.518. The van der Waals surface area contributed by atoms with Gasteiger partial charge in [0.15, 0.2) is 11.5 Å². The smallest absolute Gasteiger partial charge is 0.241 e. The normalized spacial score (nSPS) is 22.8. The van der Waals surface area contributed by atoms with Crippen LogP contribution < -0.4 is 9.47 Å². The van der Waals surface area contributed by atoms with E-state index in [-0.39, 0.29) is 49.9 Å². The number of benzene rings is 2. The molecule has 3 aliphatic heterocycles. The second-order valence-electron chi connectivity index (χ2n) is 9.66. The number of nitrogens with zero attached hydrogens (tertiary/aromatic N) is 3. The van der Waals surface area contributed by atoms with Gasteiger partial charge in [-0.2, -0.15) is 0 Å². The molecule has 36 heavy (non-hydrogen) atoms. The van der Waals surface area contributed by atoms with Crippen molar-refractivity contribution >= 4 is 17.7 Å². The third kappa shape index (κ3) is 3.56. The van der Waals surface area contributed by atoms with E-state index in [1.807, 2.05) is 66.6 Å². The van der Waals surface area contributed by atoms with E-state index in [2.05, 4.69) is 4.57 Å². The lowest BCUT2D eigenvalue weighted by atomic mass is 9.75. The van der Waals surface area contributed by atoms with E-state index in [4.69, 9.17) is 9.47 Å². The summed E-state index contributed by atoms with van der Waals surface area (Å²) >= 11 is 0. The maximum Gasteiger partial charge on any atom is 0.241 e. The van der Waals surface area contributed by atoms with Gasteiger partial charge in [-0.15, -0.1) is 0 Å². The van der Waals surface area contributed by atoms with Gasteiger partial charge >= 0.3 is 0 Å². The number of aromatic nitrogens is 1. The first kappa shape index (κ1) is 22.4. The molecule has 1 saturated heterocycles. The molecule has 1 aromatic heterocycles. The van der Waals surface area contributed by atoms with Crippen LogP contribution in [0.1, 0.15) is 42.6 Å². The summed E-state index contributed by atoms with van der Waals surface area (Å²) < 4.78 is 13.0. The molecule has 0 N–H and O–H groups in total. The number of likely N-dealkylation sites (tertiary alicyclic amines) is 1. The van der Waals surface area contributed by atoms with Crippen LogP contribution in [-0.4, -0.2) is 45.4 Å². The maximum atomic E-state index is 14.0. The van der Waals surface area contributed by atoms with Crippen LogP contribution in [-0.2, 0) is 32.9 Å². The van der Waals surface area contributed by atoms with Crippen molar-refractivity contribution in [2.24, 2.45) is 0 Å². The highest BCUT2D eigenvalue weighted by Crippen LogP contribution is 2.42. The van der Waals surface area contributed by atoms with Crippen molar-refractivity contribution in [1.29, 1.82) is 0 Å². The van der Waals surface area contributed by atoms with Crippen LogP contribution in [0.4, 0.5) is 0 Å². The molecule has 0 radical (unpaired) electrons. The van der Waals surface area contributed by atoms with Gasteiger partial charge in [0.2, 0.25) is 24.5 Å². The largest absolute Gasteiger partial charge is 0.454 e. The van der Waals surface area contributed by atoms with Gasteiger partial charge in [0.25, 0.3) is 0 Å². The van der Waals surface area contributed by atoms with Gasteiger partial charge in [0, 0.05) is 37.8 Å². The Bertz CT molecular complexity index is 1350. The molecule has 3 aromatic rings. The Labute approximate surface area is 209 Å². The van der Waals surface area contributed by atoms with Crippen molar-refractivity contribution in [1.82, 2.24) is 14.4 Å². The molecule has 2 aromatic carbocycles.